The van der Waals surface area contributed by atoms with Crippen LogP contribution in [0.4, 0.5) is 10.4 Å². The van der Waals surface area contributed by atoms with E-state index in [1.807, 2.05) is 24.3 Å². The third-order valence-electron chi connectivity index (χ3n) is 2.96. The Morgan fingerprint density at radius 2 is 1.82 bits per heavy atom. The second kappa shape index (κ2) is 6.10. The van der Waals surface area contributed by atoms with Crippen molar-refractivity contribution in [1.29, 1.82) is 0 Å². The van der Waals surface area contributed by atoms with Crippen LogP contribution in [0.3, 0.4) is 0 Å². The molecule has 0 spiro atoms. The standard InChI is InChI=1S/C17H12FN3O/c1-19-17-20-16(21-22-17)14-9-7-12(8-10-14)5-6-13-3-2-4-15(18)11-13/h2-4,7-11H,1H3,(H,19,20,21). The van der Waals surface area contributed by atoms with Crippen LogP contribution < -0.4 is 5.32 Å². The summed E-state index contributed by atoms with van der Waals surface area (Å²) in [4.78, 5) is 4.17. The normalized spacial score (nSPS) is 9.91. The quantitative estimate of drug-likeness (QED) is 0.736. The first kappa shape index (κ1) is 13.8. The Morgan fingerprint density at radius 1 is 1.05 bits per heavy atom. The summed E-state index contributed by atoms with van der Waals surface area (Å²) in [6.07, 6.45) is 0. The number of halogens is 1. The smallest absolute Gasteiger partial charge is 0.321 e. The fourth-order valence-electron chi connectivity index (χ4n) is 1.86. The van der Waals surface area contributed by atoms with E-state index in [-0.39, 0.29) is 5.82 Å². The number of hydrogen-bond donors (Lipinski definition) is 1. The van der Waals surface area contributed by atoms with Crippen molar-refractivity contribution in [3.8, 4) is 23.2 Å². The summed E-state index contributed by atoms with van der Waals surface area (Å²) in [5.41, 5.74) is 2.30. The Labute approximate surface area is 127 Å². The minimum Gasteiger partial charge on any atom is -0.341 e. The molecule has 1 aromatic heterocycles. The molecule has 0 aliphatic heterocycles. The zero-order valence-corrected chi connectivity index (χ0v) is 11.8. The van der Waals surface area contributed by atoms with Gasteiger partial charge in [0.2, 0.25) is 5.82 Å². The van der Waals surface area contributed by atoms with Gasteiger partial charge in [-0.25, -0.2) is 4.39 Å². The highest BCUT2D eigenvalue weighted by atomic mass is 19.1. The summed E-state index contributed by atoms with van der Waals surface area (Å²) in [5.74, 6) is 6.13. The number of rotatable bonds is 2. The predicted molar refractivity (Wildman–Crippen MR) is 81.7 cm³/mol. The lowest BCUT2D eigenvalue weighted by molar-refractivity contribution is 0.434. The molecule has 5 heteroatoms. The molecule has 0 saturated carbocycles. The largest absolute Gasteiger partial charge is 0.341 e. The lowest BCUT2D eigenvalue weighted by Crippen LogP contribution is -1.87. The van der Waals surface area contributed by atoms with Gasteiger partial charge >= 0.3 is 6.01 Å². The molecule has 22 heavy (non-hydrogen) atoms. The first-order valence-electron chi connectivity index (χ1n) is 6.64. The van der Waals surface area contributed by atoms with Gasteiger partial charge in [-0.05, 0) is 42.5 Å². The van der Waals surface area contributed by atoms with E-state index in [2.05, 4.69) is 27.3 Å². The van der Waals surface area contributed by atoms with Crippen LogP contribution in [-0.4, -0.2) is 17.2 Å². The molecule has 0 fully saturated rings. The molecule has 0 saturated heterocycles. The van der Waals surface area contributed by atoms with E-state index in [1.54, 1.807) is 19.2 Å². The van der Waals surface area contributed by atoms with Crippen molar-refractivity contribution in [2.24, 2.45) is 0 Å². The van der Waals surface area contributed by atoms with Crippen molar-refractivity contribution in [3.63, 3.8) is 0 Å². The highest BCUT2D eigenvalue weighted by molar-refractivity contribution is 5.57. The van der Waals surface area contributed by atoms with E-state index < -0.39 is 0 Å². The van der Waals surface area contributed by atoms with Crippen LogP contribution in [-0.2, 0) is 0 Å². The highest BCUT2D eigenvalue weighted by Crippen LogP contribution is 2.17. The average Bonchev–Trinajstić information content (AvgIpc) is 3.03. The molecule has 0 aliphatic rings. The van der Waals surface area contributed by atoms with Crippen LogP contribution >= 0.6 is 0 Å². The molecule has 2 aromatic carbocycles. The van der Waals surface area contributed by atoms with E-state index in [1.165, 1.54) is 12.1 Å². The van der Waals surface area contributed by atoms with Crippen LogP contribution in [0.5, 0.6) is 0 Å². The Morgan fingerprint density at radius 3 is 2.50 bits per heavy atom. The molecular weight excluding hydrogens is 281 g/mol. The van der Waals surface area contributed by atoms with Crippen LogP contribution in [0.2, 0.25) is 0 Å². The topological polar surface area (TPSA) is 51.0 Å². The molecule has 0 radical (unpaired) electrons. The Kier molecular flexibility index (Phi) is 3.84. The summed E-state index contributed by atoms with van der Waals surface area (Å²) in [6.45, 7) is 0. The van der Waals surface area contributed by atoms with Crippen molar-refractivity contribution in [1.82, 2.24) is 10.1 Å². The number of aromatic nitrogens is 2. The number of nitrogens with one attached hydrogen (secondary N) is 1. The van der Waals surface area contributed by atoms with Crippen molar-refractivity contribution in [2.45, 2.75) is 0 Å². The summed E-state index contributed by atoms with van der Waals surface area (Å²) in [7, 11) is 1.71. The van der Waals surface area contributed by atoms with E-state index >= 15 is 0 Å². The number of benzene rings is 2. The molecule has 3 aromatic rings. The van der Waals surface area contributed by atoms with Gasteiger partial charge in [-0.2, -0.15) is 4.98 Å². The number of hydrogen-bond acceptors (Lipinski definition) is 4. The fourth-order valence-corrected chi connectivity index (χ4v) is 1.86. The Hall–Kier alpha value is -3.13. The summed E-state index contributed by atoms with van der Waals surface area (Å²) >= 11 is 0. The van der Waals surface area contributed by atoms with Crippen LogP contribution in [0, 0.1) is 17.7 Å². The zero-order chi connectivity index (χ0) is 15.4. The Bertz CT molecular complexity index is 844. The second-order valence-electron chi connectivity index (χ2n) is 4.51. The molecule has 0 atom stereocenters. The molecule has 0 aliphatic carbocycles. The van der Waals surface area contributed by atoms with Crippen molar-refractivity contribution >= 4 is 6.01 Å². The van der Waals surface area contributed by atoms with E-state index in [0.29, 0.717) is 17.4 Å². The molecule has 1 N–H and O–H groups in total. The van der Waals surface area contributed by atoms with E-state index in [4.69, 9.17) is 4.52 Å². The molecule has 4 nitrogen and oxygen atoms in total. The maximum Gasteiger partial charge on any atom is 0.321 e. The summed E-state index contributed by atoms with van der Waals surface area (Å²) in [6, 6.07) is 14.0. The van der Waals surface area contributed by atoms with Gasteiger partial charge < -0.3 is 9.84 Å². The summed E-state index contributed by atoms with van der Waals surface area (Å²) < 4.78 is 18.0. The lowest BCUT2D eigenvalue weighted by Gasteiger charge is -1.95. The average molecular weight is 293 g/mol. The van der Waals surface area contributed by atoms with Gasteiger partial charge in [0, 0.05) is 23.7 Å². The molecule has 3 rings (SSSR count). The Balaban J connectivity index is 1.80. The van der Waals surface area contributed by atoms with Gasteiger partial charge in [0.15, 0.2) is 0 Å². The number of anilines is 1. The van der Waals surface area contributed by atoms with E-state index in [0.717, 1.165) is 11.1 Å². The van der Waals surface area contributed by atoms with Gasteiger partial charge in [-0.15, -0.1) is 0 Å². The molecule has 1 heterocycles. The van der Waals surface area contributed by atoms with Gasteiger partial charge in [-0.1, -0.05) is 23.1 Å². The maximum atomic E-state index is 13.1. The van der Waals surface area contributed by atoms with Gasteiger partial charge in [0.25, 0.3) is 0 Å². The SMILES string of the molecule is CNc1nc(-c2ccc(C#Cc3cccc(F)c3)cc2)no1. The van der Waals surface area contributed by atoms with Crippen molar-refractivity contribution < 1.29 is 8.91 Å². The van der Waals surface area contributed by atoms with Crippen molar-refractivity contribution in [2.75, 3.05) is 12.4 Å². The van der Waals surface area contributed by atoms with Gasteiger partial charge in [0.05, 0.1) is 0 Å². The fraction of sp³-hybridized carbons (Fsp3) is 0.0588. The minimum atomic E-state index is -0.292. The summed E-state index contributed by atoms with van der Waals surface area (Å²) in [5, 5.41) is 6.64. The van der Waals surface area contributed by atoms with Crippen LogP contribution in [0.1, 0.15) is 11.1 Å². The van der Waals surface area contributed by atoms with Gasteiger partial charge in [-0.3, -0.25) is 0 Å². The van der Waals surface area contributed by atoms with Crippen LogP contribution in [0.25, 0.3) is 11.4 Å². The third-order valence-corrected chi connectivity index (χ3v) is 2.96. The third kappa shape index (κ3) is 3.13. The van der Waals surface area contributed by atoms with Gasteiger partial charge in [0.1, 0.15) is 5.82 Å². The number of nitrogens with zero attached hydrogens (tertiary/aromatic N) is 2. The predicted octanol–water partition coefficient (Wildman–Crippen LogP) is 3.32. The first-order valence-corrected chi connectivity index (χ1v) is 6.64. The highest BCUT2D eigenvalue weighted by Gasteiger charge is 2.06. The maximum absolute atomic E-state index is 13.1. The molecule has 0 amide bonds. The second-order valence-corrected chi connectivity index (χ2v) is 4.51. The molecule has 0 unspecified atom stereocenters. The van der Waals surface area contributed by atoms with Crippen LogP contribution in [0.15, 0.2) is 53.1 Å². The first-order chi connectivity index (χ1) is 10.7. The lowest BCUT2D eigenvalue weighted by atomic mass is 10.1. The minimum absolute atomic E-state index is 0.292. The molecule has 0 bridgehead atoms. The molecule has 108 valence electrons. The zero-order valence-electron chi connectivity index (χ0n) is 11.8. The monoisotopic (exact) mass is 293 g/mol. The molecular formula is C17H12FN3O. The van der Waals surface area contributed by atoms with Crippen molar-refractivity contribution in [3.05, 3.63) is 65.5 Å². The van der Waals surface area contributed by atoms with E-state index in [9.17, 15) is 4.39 Å².